The first-order valence-electron chi connectivity index (χ1n) is 11.0. The van der Waals surface area contributed by atoms with Crippen molar-refractivity contribution >= 4 is 10.8 Å². The molecule has 1 N–H and O–H groups in total. The van der Waals surface area contributed by atoms with E-state index in [4.69, 9.17) is 0 Å². The zero-order chi connectivity index (χ0) is 19.9. The fourth-order valence-electron chi connectivity index (χ4n) is 3.21. The summed E-state index contributed by atoms with van der Waals surface area (Å²) in [5, 5.41) is 10.7. The van der Waals surface area contributed by atoms with Crippen molar-refractivity contribution in [2.75, 3.05) is 0 Å². The summed E-state index contributed by atoms with van der Waals surface area (Å²) in [7, 11) is -1.27. The number of benzene rings is 1. The number of allylic oxidation sites excluding steroid dienone is 1. The molecule has 3 heteroatoms. The Bertz CT molecular complexity index is 548. The molecule has 1 aromatic rings. The molecular weight excluding hydrogens is 352 g/mol. The number of aliphatic hydroxyl groups excluding tert-OH is 1. The molecule has 1 rings (SSSR count). The van der Waals surface area contributed by atoms with Crippen LogP contribution in [0.15, 0.2) is 40.1 Å². The molecule has 0 saturated heterocycles. The quantitative estimate of drug-likeness (QED) is 0.324. The van der Waals surface area contributed by atoms with Crippen molar-refractivity contribution in [2.45, 2.75) is 109 Å². The minimum absolute atomic E-state index is 0.593. The van der Waals surface area contributed by atoms with Gasteiger partial charge >= 0.3 is 0 Å². The topological polar surface area (TPSA) is 37.3 Å². The Balaban J connectivity index is 2.61. The molecule has 2 atom stereocenters. The molecule has 0 radical (unpaired) electrons. The van der Waals surface area contributed by atoms with Crippen molar-refractivity contribution in [1.29, 1.82) is 0 Å². The fourth-order valence-corrected chi connectivity index (χ4v) is 4.50. The van der Waals surface area contributed by atoms with E-state index in [1.54, 1.807) is 0 Å². The van der Waals surface area contributed by atoms with E-state index in [1.165, 1.54) is 44.9 Å². The van der Waals surface area contributed by atoms with E-state index in [1.807, 2.05) is 37.3 Å². The predicted octanol–water partition coefficient (Wildman–Crippen LogP) is 7.07. The monoisotopic (exact) mass is 392 g/mol. The maximum absolute atomic E-state index is 13.1. The zero-order valence-corrected chi connectivity index (χ0v) is 18.5. The second kappa shape index (κ2) is 15.0. The molecule has 0 aromatic heterocycles. The van der Waals surface area contributed by atoms with Crippen LogP contribution in [0, 0.1) is 6.92 Å². The molecule has 0 aliphatic rings. The first kappa shape index (κ1) is 24.1. The summed E-state index contributed by atoms with van der Waals surface area (Å²) in [5.41, 5.74) is 1.16. The predicted molar refractivity (Wildman–Crippen MR) is 118 cm³/mol. The molecule has 2 nitrogen and oxygen atoms in total. The maximum Gasteiger partial charge on any atom is 0.0874 e. The van der Waals surface area contributed by atoms with Crippen LogP contribution in [0.25, 0.3) is 0 Å². The highest BCUT2D eigenvalue weighted by atomic mass is 32.2. The molecule has 0 fully saturated rings. The Hall–Kier alpha value is -0.930. The summed E-state index contributed by atoms with van der Waals surface area (Å²) in [6, 6.07) is 7.83. The lowest BCUT2D eigenvalue weighted by atomic mass is 10.1. The smallest absolute Gasteiger partial charge is 0.0874 e. The van der Waals surface area contributed by atoms with Crippen LogP contribution in [0.3, 0.4) is 0 Å². The average Bonchev–Trinajstić information content (AvgIpc) is 2.67. The molecular formula is C24H40O2S. The highest BCUT2D eigenvalue weighted by Crippen LogP contribution is 2.23. The van der Waals surface area contributed by atoms with Gasteiger partial charge in [-0.25, -0.2) is 4.21 Å². The lowest BCUT2D eigenvalue weighted by Gasteiger charge is -2.15. The number of aliphatic hydroxyl groups is 1. The highest BCUT2D eigenvalue weighted by molar-refractivity contribution is 7.89. The van der Waals surface area contributed by atoms with E-state index in [0.29, 0.717) is 11.3 Å². The van der Waals surface area contributed by atoms with Gasteiger partial charge in [0.05, 0.1) is 16.9 Å². The number of hydrogen-bond acceptors (Lipinski definition) is 2. The fraction of sp³-hybridized carbons (Fsp3) is 0.667. The molecule has 0 bridgehead atoms. The zero-order valence-electron chi connectivity index (χ0n) is 17.7. The molecule has 0 heterocycles. The van der Waals surface area contributed by atoms with Gasteiger partial charge in [0.1, 0.15) is 0 Å². The average molecular weight is 393 g/mol. The number of hydrogen-bond donors (Lipinski definition) is 1. The van der Waals surface area contributed by atoms with Crippen molar-refractivity contribution in [3.05, 3.63) is 40.8 Å². The summed E-state index contributed by atoms with van der Waals surface area (Å²) in [6.07, 6.45) is 15.1. The van der Waals surface area contributed by atoms with Crippen LogP contribution in [0.4, 0.5) is 0 Å². The van der Waals surface area contributed by atoms with E-state index < -0.39 is 16.9 Å². The van der Waals surface area contributed by atoms with Gasteiger partial charge in [-0.05, 0) is 38.3 Å². The van der Waals surface area contributed by atoms with Gasteiger partial charge in [-0.15, -0.1) is 0 Å². The van der Waals surface area contributed by atoms with Gasteiger partial charge in [-0.2, -0.15) is 0 Å². The number of unbranched alkanes of at least 4 members (excludes halogenated alkanes) is 9. The Kier molecular flexibility index (Phi) is 13.4. The van der Waals surface area contributed by atoms with E-state index >= 15 is 0 Å². The summed E-state index contributed by atoms with van der Waals surface area (Å²) in [5.74, 6) is 0. The normalized spacial score (nSPS) is 14.3. The lowest BCUT2D eigenvalue weighted by molar-refractivity contribution is 0.203. The van der Waals surface area contributed by atoms with Gasteiger partial charge in [0.2, 0.25) is 0 Å². The van der Waals surface area contributed by atoms with Crippen molar-refractivity contribution in [3.63, 3.8) is 0 Å². The minimum Gasteiger partial charge on any atom is -0.388 e. The van der Waals surface area contributed by atoms with Crippen molar-refractivity contribution < 1.29 is 9.32 Å². The van der Waals surface area contributed by atoms with Crippen LogP contribution < -0.4 is 0 Å². The third-order valence-corrected chi connectivity index (χ3v) is 6.58. The maximum atomic E-state index is 13.1. The van der Waals surface area contributed by atoms with E-state index in [9.17, 15) is 9.32 Å². The van der Waals surface area contributed by atoms with E-state index in [2.05, 4.69) is 13.8 Å². The number of rotatable bonds is 15. The van der Waals surface area contributed by atoms with Crippen molar-refractivity contribution in [3.8, 4) is 0 Å². The van der Waals surface area contributed by atoms with Gasteiger partial charge in [-0.1, -0.05) is 95.4 Å². The summed E-state index contributed by atoms with van der Waals surface area (Å²) >= 11 is 0. The van der Waals surface area contributed by atoms with Crippen molar-refractivity contribution in [2.24, 2.45) is 0 Å². The largest absolute Gasteiger partial charge is 0.388 e. The van der Waals surface area contributed by atoms with Crippen LogP contribution in [0.5, 0.6) is 0 Å². The van der Waals surface area contributed by atoms with Crippen molar-refractivity contribution in [1.82, 2.24) is 0 Å². The Labute approximate surface area is 169 Å². The SMILES string of the molecule is CCCCC/C=C(\[C@H](O)CCCCCCCCC)S(=O)c1ccc(C)cc1. The molecule has 0 spiro atoms. The second-order valence-corrected chi connectivity index (χ2v) is 9.09. The molecule has 27 heavy (non-hydrogen) atoms. The first-order valence-corrected chi connectivity index (χ1v) is 12.1. The van der Waals surface area contributed by atoms with Gasteiger partial charge in [0, 0.05) is 9.80 Å². The van der Waals surface area contributed by atoms with E-state index in [-0.39, 0.29) is 0 Å². The Morgan fingerprint density at radius 3 is 2.11 bits per heavy atom. The van der Waals surface area contributed by atoms with Gasteiger partial charge in [0.15, 0.2) is 0 Å². The molecule has 1 unspecified atom stereocenters. The van der Waals surface area contributed by atoms with Crippen LogP contribution in [0.2, 0.25) is 0 Å². The van der Waals surface area contributed by atoms with Gasteiger partial charge in [-0.3, -0.25) is 0 Å². The number of aryl methyl sites for hydroxylation is 1. The standard InChI is InChI=1S/C24H40O2S/c1-4-6-8-10-11-12-13-15-23(25)24(16-14-9-7-5-2)27(26)22-19-17-21(3)18-20-22/h16-20,23,25H,4-15H2,1-3H3/b24-16+/t23-,27?/m1/s1. The lowest BCUT2D eigenvalue weighted by Crippen LogP contribution is -2.15. The molecule has 0 amide bonds. The van der Waals surface area contributed by atoms with E-state index in [0.717, 1.165) is 36.1 Å². The van der Waals surface area contributed by atoms with Gasteiger partial charge < -0.3 is 5.11 Å². The molecule has 0 saturated carbocycles. The Morgan fingerprint density at radius 1 is 0.926 bits per heavy atom. The third-order valence-electron chi connectivity index (χ3n) is 5.01. The summed E-state index contributed by atoms with van der Waals surface area (Å²) < 4.78 is 13.1. The first-order chi connectivity index (χ1) is 13.1. The molecule has 0 aliphatic heterocycles. The van der Waals surface area contributed by atoms with Gasteiger partial charge in [0.25, 0.3) is 0 Å². The van der Waals surface area contributed by atoms with Crippen LogP contribution in [0.1, 0.15) is 96.5 Å². The van der Waals surface area contributed by atoms with Crippen LogP contribution >= 0.6 is 0 Å². The molecule has 0 aliphatic carbocycles. The highest BCUT2D eigenvalue weighted by Gasteiger charge is 2.18. The summed E-state index contributed by atoms with van der Waals surface area (Å²) in [6.45, 7) is 6.45. The molecule has 1 aromatic carbocycles. The minimum atomic E-state index is -1.27. The second-order valence-electron chi connectivity index (χ2n) is 7.61. The third kappa shape index (κ3) is 10.3. The molecule has 154 valence electrons. The van der Waals surface area contributed by atoms with Crippen LogP contribution in [-0.2, 0) is 10.8 Å². The summed E-state index contributed by atoms with van der Waals surface area (Å²) in [4.78, 5) is 1.50. The van der Waals surface area contributed by atoms with Crippen LogP contribution in [-0.4, -0.2) is 15.4 Å². The Morgan fingerprint density at radius 2 is 1.48 bits per heavy atom.